The summed E-state index contributed by atoms with van der Waals surface area (Å²) < 4.78 is 48.0. The van der Waals surface area contributed by atoms with Gasteiger partial charge in [0.05, 0.1) is 29.1 Å². The number of carbonyl (C=O) groups excluding carboxylic acids is 1. The highest BCUT2D eigenvalue weighted by atomic mass is 32.2. The summed E-state index contributed by atoms with van der Waals surface area (Å²) in [7, 11) is -1.79. The van der Waals surface area contributed by atoms with Crippen LogP contribution in [0.3, 0.4) is 0 Å². The SMILES string of the molecule is Cc1ccc(NC(=O)CCc2nc3cc(S(=O)(=O)N4CCOCC4)ccc3n2C)cc1F. The summed E-state index contributed by atoms with van der Waals surface area (Å²) in [4.78, 5) is 17.0. The number of imidazole rings is 1. The van der Waals surface area contributed by atoms with Crippen LogP contribution in [-0.2, 0) is 33.0 Å². The fourth-order valence-corrected chi connectivity index (χ4v) is 5.10. The molecule has 1 saturated heterocycles. The van der Waals surface area contributed by atoms with Gasteiger partial charge in [-0.1, -0.05) is 6.07 Å². The normalized spacial score (nSPS) is 15.2. The number of ether oxygens (including phenoxy) is 1. The maximum atomic E-state index is 13.7. The van der Waals surface area contributed by atoms with Crippen LogP contribution in [0.15, 0.2) is 41.3 Å². The van der Waals surface area contributed by atoms with Crippen LogP contribution in [0.1, 0.15) is 17.8 Å². The lowest BCUT2D eigenvalue weighted by Gasteiger charge is -2.26. The molecule has 1 aliphatic heterocycles. The monoisotopic (exact) mass is 460 g/mol. The van der Waals surface area contributed by atoms with Crippen molar-refractivity contribution >= 4 is 32.7 Å². The Morgan fingerprint density at radius 3 is 2.66 bits per heavy atom. The standard InChI is InChI=1S/C22H25FN4O4S/c1-15-3-4-16(13-18(15)23)24-22(28)8-7-21-25-19-14-17(5-6-20(19)26(21)2)32(29,30)27-9-11-31-12-10-27/h3-6,13-14H,7-12H2,1-2H3,(H,24,28). The van der Waals surface area contributed by atoms with Crippen LogP contribution in [-0.4, -0.2) is 54.5 Å². The number of morpholine rings is 1. The van der Waals surface area contributed by atoms with Gasteiger partial charge >= 0.3 is 0 Å². The highest BCUT2D eigenvalue weighted by Gasteiger charge is 2.27. The van der Waals surface area contributed by atoms with Crippen LogP contribution in [0.5, 0.6) is 0 Å². The van der Waals surface area contributed by atoms with Crippen molar-refractivity contribution < 1.29 is 22.3 Å². The second kappa shape index (κ2) is 8.97. The van der Waals surface area contributed by atoms with E-state index in [1.54, 1.807) is 37.3 Å². The number of rotatable bonds is 6. The molecule has 0 saturated carbocycles. The summed E-state index contributed by atoms with van der Waals surface area (Å²) in [6.07, 6.45) is 0.516. The number of sulfonamides is 1. The van der Waals surface area contributed by atoms with E-state index in [9.17, 15) is 17.6 Å². The Hall–Kier alpha value is -2.82. The average Bonchev–Trinajstić information content (AvgIpc) is 3.10. The first-order valence-corrected chi connectivity index (χ1v) is 11.8. The quantitative estimate of drug-likeness (QED) is 0.610. The van der Waals surface area contributed by atoms with Gasteiger partial charge in [-0.05, 0) is 42.8 Å². The molecule has 32 heavy (non-hydrogen) atoms. The second-order valence-electron chi connectivity index (χ2n) is 7.77. The minimum Gasteiger partial charge on any atom is -0.379 e. The molecule has 1 N–H and O–H groups in total. The van der Waals surface area contributed by atoms with Crippen molar-refractivity contribution in [2.24, 2.45) is 7.05 Å². The predicted octanol–water partition coefficient (Wildman–Crippen LogP) is 2.61. The van der Waals surface area contributed by atoms with E-state index in [2.05, 4.69) is 10.3 Å². The Kier molecular flexibility index (Phi) is 6.27. The lowest BCUT2D eigenvalue weighted by Crippen LogP contribution is -2.40. The molecule has 3 aromatic rings. The van der Waals surface area contributed by atoms with Crippen molar-refractivity contribution in [1.82, 2.24) is 13.9 Å². The number of hydrogen-bond donors (Lipinski definition) is 1. The maximum Gasteiger partial charge on any atom is 0.243 e. The number of nitrogens with zero attached hydrogens (tertiary/aromatic N) is 3. The fourth-order valence-electron chi connectivity index (χ4n) is 3.67. The van der Waals surface area contributed by atoms with Gasteiger partial charge in [-0.25, -0.2) is 17.8 Å². The Morgan fingerprint density at radius 2 is 1.94 bits per heavy atom. The van der Waals surface area contributed by atoms with E-state index in [4.69, 9.17) is 4.74 Å². The summed E-state index contributed by atoms with van der Waals surface area (Å²) >= 11 is 0. The molecule has 0 spiro atoms. The summed E-state index contributed by atoms with van der Waals surface area (Å²) in [5, 5.41) is 2.69. The van der Waals surface area contributed by atoms with E-state index in [1.807, 2.05) is 11.6 Å². The van der Waals surface area contributed by atoms with Gasteiger partial charge in [0.1, 0.15) is 11.6 Å². The molecule has 1 fully saturated rings. The molecule has 1 aliphatic rings. The molecule has 0 atom stereocenters. The van der Waals surface area contributed by atoms with Gasteiger partial charge in [0.15, 0.2) is 0 Å². The van der Waals surface area contributed by atoms with Crippen LogP contribution in [0.25, 0.3) is 11.0 Å². The molecule has 0 aliphatic carbocycles. The molecule has 0 unspecified atom stereocenters. The summed E-state index contributed by atoms with van der Waals surface area (Å²) in [6.45, 7) is 3.07. The predicted molar refractivity (Wildman–Crippen MR) is 118 cm³/mol. The van der Waals surface area contributed by atoms with Gasteiger partial charge in [0.25, 0.3) is 0 Å². The third-order valence-electron chi connectivity index (χ3n) is 5.58. The van der Waals surface area contributed by atoms with Crippen LogP contribution in [0.2, 0.25) is 0 Å². The van der Waals surface area contributed by atoms with E-state index in [0.29, 0.717) is 55.3 Å². The Bertz CT molecular complexity index is 1270. The first kappa shape index (κ1) is 22.4. The van der Waals surface area contributed by atoms with Crippen molar-refractivity contribution in [3.63, 3.8) is 0 Å². The van der Waals surface area contributed by atoms with Gasteiger partial charge in [0, 0.05) is 38.7 Å². The Morgan fingerprint density at radius 1 is 1.19 bits per heavy atom. The van der Waals surface area contributed by atoms with Crippen molar-refractivity contribution in [2.45, 2.75) is 24.7 Å². The fraction of sp³-hybridized carbons (Fsp3) is 0.364. The van der Waals surface area contributed by atoms with Crippen LogP contribution in [0, 0.1) is 12.7 Å². The number of benzene rings is 2. The summed E-state index contributed by atoms with van der Waals surface area (Å²) in [6, 6.07) is 9.43. The van der Waals surface area contributed by atoms with Crippen molar-refractivity contribution in [1.29, 1.82) is 0 Å². The van der Waals surface area contributed by atoms with E-state index in [0.717, 1.165) is 5.52 Å². The molecular weight excluding hydrogens is 435 g/mol. The van der Waals surface area contributed by atoms with Gasteiger partial charge < -0.3 is 14.6 Å². The number of amides is 1. The molecule has 0 bridgehead atoms. The number of fused-ring (bicyclic) bond motifs is 1. The molecule has 4 rings (SSSR count). The zero-order chi connectivity index (χ0) is 22.9. The van der Waals surface area contributed by atoms with Gasteiger partial charge in [-0.15, -0.1) is 0 Å². The largest absolute Gasteiger partial charge is 0.379 e. The minimum absolute atomic E-state index is 0.158. The van der Waals surface area contributed by atoms with Crippen molar-refractivity contribution in [3.8, 4) is 0 Å². The maximum absolute atomic E-state index is 13.7. The molecule has 1 amide bonds. The van der Waals surface area contributed by atoms with Gasteiger partial charge in [0.2, 0.25) is 15.9 Å². The average molecular weight is 461 g/mol. The zero-order valence-corrected chi connectivity index (χ0v) is 18.8. The Labute approximate surface area is 186 Å². The molecule has 10 heteroatoms. The summed E-state index contributed by atoms with van der Waals surface area (Å²) in [5.41, 5.74) is 2.25. The van der Waals surface area contributed by atoms with Crippen LogP contribution in [0.4, 0.5) is 10.1 Å². The molecule has 1 aromatic heterocycles. The topological polar surface area (TPSA) is 93.5 Å². The van der Waals surface area contributed by atoms with Crippen molar-refractivity contribution in [3.05, 3.63) is 53.6 Å². The molecule has 170 valence electrons. The van der Waals surface area contributed by atoms with E-state index in [1.165, 1.54) is 10.4 Å². The third-order valence-corrected chi connectivity index (χ3v) is 7.48. The van der Waals surface area contributed by atoms with Crippen LogP contribution < -0.4 is 5.32 Å². The third kappa shape index (κ3) is 4.52. The van der Waals surface area contributed by atoms with E-state index < -0.39 is 10.0 Å². The number of halogens is 1. The molecular formula is C22H25FN4O4S. The number of anilines is 1. The smallest absolute Gasteiger partial charge is 0.243 e. The van der Waals surface area contributed by atoms with E-state index in [-0.39, 0.29) is 23.0 Å². The minimum atomic E-state index is -3.61. The summed E-state index contributed by atoms with van der Waals surface area (Å²) in [5.74, 6) is 0.0306. The second-order valence-corrected chi connectivity index (χ2v) is 9.70. The van der Waals surface area contributed by atoms with E-state index >= 15 is 0 Å². The van der Waals surface area contributed by atoms with Gasteiger partial charge in [-0.2, -0.15) is 4.31 Å². The highest BCUT2D eigenvalue weighted by molar-refractivity contribution is 7.89. The van der Waals surface area contributed by atoms with Crippen LogP contribution >= 0.6 is 0 Å². The number of aryl methyl sites for hydroxylation is 3. The molecule has 2 aromatic carbocycles. The number of nitrogens with one attached hydrogen (secondary N) is 1. The molecule has 2 heterocycles. The molecule has 0 radical (unpaired) electrons. The Balaban J connectivity index is 1.48. The first-order chi connectivity index (χ1) is 15.3. The lowest BCUT2D eigenvalue weighted by atomic mass is 10.2. The lowest BCUT2D eigenvalue weighted by molar-refractivity contribution is -0.116. The number of carbonyl (C=O) groups is 1. The zero-order valence-electron chi connectivity index (χ0n) is 18.0. The van der Waals surface area contributed by atoms with Gasteiger partial charge in [-0.3, -0.25) is 4.79 Å². The number of hydrogen-bond acceptors (Lipinski definition) is 5. The molecule has 8 nitrogen and oxygen atoms in total. The van der Waals surface area contributed by atoms with Crippen molar-refractivity contribution in [2.75, 3.05) is 31.6 Å². The first-order valence-electron chi connectivity index (χ1n) is 10.3. The highest BCUT2D eigenvalue weighted by Crippen LogP contribution is 2.23. The number of aromatic nitrogens is 2.